The molecule has 0 aromatic heterocycles. The lowest BCUT2D eigenvalue weighted by atomic mass is 9.77. The fourth-order valence-corrected chi connectivity index (χ4v) is 10.2. The molecular weight excluding hydrogens is 675 g/mol. The van der Waals surface area contributed by atoms with Gasteiger partial charge in [0.15, 0.2) is 0 Å². The first kappa shape index (κ1) is 32.7. The van der Waals surface area contributed by atoms with Crippen molar-refractivity contribution in [2.45, 2.75) is 31.1 Å². The number of hydrogen-bond donors (Lipinski definition) is 0. The van der Waals surface area contributed by atoms with Gasteiger partial charge in [0.25, 0.3) is 0 Å². The van der Waals surface area contributed by atoms with E-state index < -0.39 is 0 Å². The Bertz CT molecular complexity index is 2930. The third kappa shape index (κ3) is 5.01. The SMILES string of the molecule is c1ccc(-c2ccccc2-c2ccccc2-c2ccccc2N(c2cccc3c2-c2ccccc2C32CCCC2)c2cc3ccccc3c3ccccc23)cc1. The molecule has 0 unspecified atom stereocenters. The van der Waals surface area contributed by atoms with Crippen LogP contribution in [0, 0.1) is 0 Å². The van der Waals surface area contributed by atoms with Crippen molar-refractivity contribution in [2.24, 2.45) is 0 Å². The molecule has 9 aromatic carbocycles. The number of nitrogens with zero attached hydrogens (tertiary/aromatic N) is 1. The zero-order valence-electron chi connectivity index (χ0n) is 31.3. The van der Waals surface area contributed by atoms with E-state index in [1.54, 1.807) is 0 Å². The number of anilines is 3. The van der Waals surface area contributed by atoms with Crippen molar-refractivity contribution in [1.82, 2.24) is 0 Å². The first-order chi connectivity index (χ1) is 27.8. The second-order valence-corrected chi connectivity index (χ2v) is 15.5. The van der Waals surface area contributed by atoms with Crippen LogP contribution in [0.4, 0.5) is 17.1 Å². The monoisotopic (exact) mass is 715 g/mol. The van der Waals surface area contributed by atoms with Gasteiger partial charge in [0.2, 0.25) is 0 Å². The van der Waals surface area contributed by atoms with Gasteiger partial charge in [0.1, 0.15) is 0 Å². The fraction of sp³-hybridized carbons (Fsp3) is 0.0909. The Morgan fingerprint density at radius 3 is 1.62 bits per heavy atom. The van der Waals surface area contributed by atoms with Gasteiger partial charge in [0, 0.05) is 21.9 Å². The summed E-state index contributed by atoms with van der Waals surface area (Å²) in [5.41, 5.74) is 16.7. The molecule has 0 heterocycles. The van der Waals surface area contributed by atoms with Crippen LogP contribution in [0.1, 0.15) is 36.8 Å². The Kier molecular flexibility index (Phi) is 7.74. The number of para-hydroxylation sites is 1. The Labute approximate surface area is 329 Å². The van der Waals surface area contributed by atoms with Crippen LogP contribution in [-0.4, -0.2) is 0 Å². The number of rotatable bonds is 6. The van der Waals surface area contributed by atoms with E-state index in [0.717, 1.165) is 5.69 Å². The highest BCUT2D eigenvalue weighted by atomic mass is 15.1. The van der Waals surface area contributed by atoms with Gasteiger partial charge < -0.3 is 4.90 Å². The molecule has 1 heteroatoms. The van der Waals surface area contributed by atoms with Gasteiger partial charge in [-0.25, -0.2) is 0 Å². The standard InChI is InChI=1S/C55H41N/c1-2-19-38(20-3-1)40-22-6-7-24-42(40)44-26-8-9-27-45(44)46-28-13-15-33-51(46)56(53-37-39-21-4-5-23-41(39)43-25-10-11-29-47(43)53)52-34-18-32-50-54(52)48-30-12-14-31-49(48)55(50)35-16-17-36-55/h1-15,18-34,37H,16-17,35-36H2. The van der Waals surface area contributed by atoms with Crippen LogP contribution in [0.25, 0.3) is 66.1 Å². The molecule has 0 aliphatic heterocycles. The molecule has 9 aromatic rings. The van der Waals surface area contributed by atoms with E-state index >= 15 is 0 Å². The zero-order valence-corrected chi connectivity index (χ0v) is 31.3. The Morgan fingerprint density at radius 1 is 0.339 bits per heavy atom. The molecule has 266 valence electrons. The van der Waals surface area contributed by atoms with Crippen molar-refractivity contribution in [3.63, 3.8) is 0 Å². The van der Waals surface area contributed by atoms with Crippen LogP contribution in [0.15, 0.2) is 200 Å². The summed E-state index contributed by atoms with van der Waals surface area (Å²) < 4.78 is 0. The maximum atomic E-state index is 2.60. The van der Waals surface area contributed by atoms with Crippen LogP contribution in [0.3, 0.4) is 0 Å². The van der Waals surface area contributed by atoms with Crippen LogP contribution in [0.2, 0.25) is 0 Å². The molecule has 1 saturated carbocycles. The maximum absolute atomic E-state index is 2.60. The van der Waals surface area contributed by atoms with Crippen LogP contribution < -0.4 is 4.90 Å². The van der Waals surface area contributed by atoms with Crippen molar-refractivity contribution in [1.29, 1.82) is 0 Å². The molecule has 0 atom stereocenters. The molecule has 56 heavy (non-hydrogen) atoms. The van der Waals surface area contributed by atoms with Gasteiger partial charge in [-0.05, 0) is 91.7 Å². The quantitative estimate of drug-likeness (QED) is 0.155. The van der Waals surface area contributed by atoms with E-state index in [-0.39, 0.29) is 5.41 Å². The molecule has 1 spiro atoms. The lowest BCUT2D eigenvalue weighted by molar-refractivity contribution is 0.550. The maximum Gasteiger partial charge on any atom is 0.0546 e. The lowest BCUT2D eigenvalue weighted by Gasteiger charge is -2.32. The van der Waals surface area contributed by atoms with Crippen molar-refractivity contribution in [2.75, 3.05) is 4.90 Å². The molecule has 0 saturated heterocycles. The topological polar surface area (TPSA) is 3.24 Å². The molecular formula is C55H41N. The Hall–Kier alpha value is -6.70. The van der Waals surface area contributed by atoms with Gasteiger partial charge in [-0.15, -0.1) is 0 Å². The normalized spacial score (nSPS) is 13.9. The second kappa shape index (κ2) is 13.3. The van der Waals surface area contributed by atoms with Gasteiger partial charge in [-0.2, -0.15) is 0 Å². The fourth-order valence-electron chi connectivity index (χ4n) is 10.2. The molecule has 0 N–H and O–H groups in total. The number of benzene rings is 9. The smallest absolute Gasteiger partial charge is 0.0546 e. The van der Waals surface area contributed by atoms with Crippen LogP contribution in [0.5, 0.6) is 0 Å². The minimum atomic E-state index is 0.0618. The average Bonchev–Trinajstić information content (AvgIpc) is 3.88. The van der Waals surface area contributed by atoms with E-state index in [1.165, 1.54) is 114 Å². The summed E-state index contributed by atoms with van der Waals surface area (Å²) in [5.74, 6) is 0. The summed E-state index contributed by atoms with van der Waals surface area (Å²) in [7, 11) is 0. The van der Waals surface area contributed by atoms with Crippen LogP contribution in [-0.2, 0) is 5.41 Å². The highest BCUT2D eigenvalue weighted by Crippen LogP contribution is 2.60. The molecule has 0 radical (unpaired) electrons. The predicted octanol–water partition coefficient (Wildman–Crippen LogP) is 15.3. The molecule has 0 bridgehead atoms. The van der Waals surface area contributed by atoms with E-state index in [2.05, 4.69) is 205 Å². The summed E-state index contributed by atoms with van der Waals surface area (Å²) in [6, 6.07) is 74.4. The minimum Gasteiger partial charge on any atom is -0.309 e. The number of fused-ring (bicyclic) bond motifs is 8. The van der Waals surface area contributed by atoms with E-state index in [0.29, 0.717) is 0 Å². The molecule has 2 aliphatic rings. The molecule has 1 nitrogen and oxygen atoms in total. The van der Waals surface area contributed by atoms with E-state index in [1.807, 2.05) is 0 Å². The zero-order chi connectivity index (χ0) is 37.1. The highest BCUT2D eigenvalue weighted by molar-refractivity contribution is 6.16. The summed E-state index contributed by atoms with van der Waals surface area (Å²) in [5, 5.41) is 5.02. The average molecular weight is 716 g/mol. The third-order valence-electron chi connectivity index (χ3n) is 12.6. The van der Waals surface area contributed by atoms with Gasteiger partial charge in [0.05, 0.1) is 17.1 Å². The Morgan fingerprint density at radius 2 is 0.857 bits per heavy atom. The highest BCUT2D eigenvalue weighted by Gasteiger charge is 2.46. The third-order valence-corrected chi connectivity index (χ3v) is 12.6. The molecule has 11 rings (SSSR count). The predicted molar refractivity (Wildman–Crippen MR) is 237 cm³/mol. The van der Waals surface area contributed by atoms with Crippen molar-refractivity contribution in [3.8, 4) is 44.5 Å². The molecule has 1 fully saturated rings. The Balaban J connectivity index is 1.22. The summed E-state index contributed by atoms with van der Waals surface area (Å²) in [6.07, 6.45) is 4.93. The van der Waals surface area contributed by atoms with Gasteiger partial charge in [-0.1, -0.05) is 195 Å². The summed E-state index contributed by atoms with van der Waals surface area (Å²) in [6.45, 7) is 0. The minimum absolute atomic E-state index is 0.0618. The molecule has 2 aliphatic carbocycles. The van der Waals surface area contributed by atoms with E-state index in [4.69, 9.17) is 0 Å². The first-order valence-corrected chi connectivity index (χ1v) is 20.1. The largest absolute Gasteiger partial charge is 0.309 e. The van der Waals surface area contributed by atoms with Crippen molar-refractivity contribution >= 4 is 38.6 Å². The van der Waals surface area contributed by atoms with Gasteiger partial charge >= 0.3 is 0 Å². The van der Waals surface area contributed by atoms with Crippen molar-refractivity contribution in [3.05, 3.63) is 211 Å². The summed E-state index contributed by atoms with van der Waals surface area (Å²) in [4.78, 5) is 2.60. The molecule has 0 amide bonds. The van der Waals surface area contributed by atoms with Crippen LogP contribution >= 0.6 is 0 Å². The first-order valence-electron chi connectivity index (χ1n) is 20.1. The summed E-state index contributed by atoms with van der Waals surface area (Å²) >= 11 is 0. The lowest BCUT2D eigenvalue weighted by Crippen LogP contribution is -2.20. The van der Waals surface area contributed by atoms with E-state index in [9.17, 15) is 0 Å². The van der Waals surface area contributed by atoms with Crippen molar-refractivity contribution < 1.29 is 0 Å². The second-order valence-electron chi connectivity index (χ2n) is 15.5. The number of hydrogen-bond acceptors (Lipinski definition) is 1. The van der Waals surface area contributed by atoms with Gasteiger partial charge in [-0.3, -0.25) is 0 Å².